The number of Topliss-reactive ketones (excluding diaryl/α,β-unsaturated/α-hetero) is 1. The molecule has 3 aromatic rings. The van der Waals surface area contributed by atoms with E-state index in [4.69, 9.17) is 21.1 Å². The van der Waals surface area contributed by atoms with Crippen molar-refractivity contribution in [3.8, 4) is 11.5 Å². The Balaban J connectivity index is 1.35. The van der Waals surface area contributed by atoms with E-state index in [9.17, 15) is 4.79 Å². The van der Waals surface area contributed by atoms with Gasteiger partial charge in [0.15, 0.2) is 17.3 Å². The Bertz CT molecular complexity index is 1030. The first-order chi connectivity index (χ1) is 14.6. The van der Waals surface area contributed by atoms with Crippen molar-refractivity contribution in [3.05, 3.63) is 88.4 Å². The predicted molar refractivity (Wildman–Crippen MR) is 120 cm³/mol. The molecule has 0 saturated heterocycles. The van der Waals surface area contributed by atoms with Gasteiger partial charge in [-0.1, -0.05) is 29.8 Å². The standard InChI is InChI=1S/C25H24ClNO3/c1-29-23-12-3-16(13-24(23)30-2)15-27-20-10-6-18(7-11-20)25(28)22-14-21(22)17-4-8-19(26)9-5-17/h3-13,21-22,27H,14-15H2,1-2H3. The van der Waals surface area contributed by atoms with Crippen LogP contribution in [0.5, 0.6) is 11.5 Å². The van der Waals surface area contributed by atoms with E-state index in [-0.39, 0.29) is 11.7 Å². The molecule has 2 unspecified atom stereocenters. The Morgan fingerprint density at radius 2 is 1.67 bits per heavy atom. The van der Waals surface area contributed by atoms with E-state index in [2.05, 4.69) is 5.32 Å². The van der Waals surface area contributed by atoms with E-state index in [1.165, 1.54) is 5.56 Å². The fourth-order valence-corrected chi connectivity index (χ4v) is 3.85. The van der Waals surface area contributed by atoms with Crippen molar-refractivity contribution in [2.45, 2.75) is 18.9 Å². The van der Waals surface area contributed by atoms with Crippen molar-refractivity contribution in [1.29, 1.82) is 0 Å². The Labute approximate surface area is 181 Å². The maximum absolute atomic E-state index is 12.8. The average molecular weight is 422 g/mol. The minimum atomic E-state index is 0.0664. The van der Waals surface area contributed by atoms with Crippen LogP contribution in [0.4, 0.5) is 5.69 Å². The van der Waals surface area contributed by atoms with Crippen LogP contribution >= 0.6 is 11.6 Å². The van der Waals surface area contributed by atoms with Crippen molar-refractivity contribution < 1.29 is 14.3 Å². The number of anilines is 1. The van der Waals surface area contributed by atoms with Gasteiger partial charge >= 0.3 is 0 Å². The zero-order valence-electron chi connectivity index (χ0n) is 17.0. The first-order valence-corrected chi connectivity index (χ1v) is 10.3. The molecule has 2 atom stereocenters. The number of ether oxygens (including phenoxy) is 2. The number of carbonyl (C=O) groups is 1. The molecule has 1 saturated carbocycles. The molecule has 5 heteroatoms. The van der Waals surface area contributed by atoms with E-state index in [0.29, 0.717) is 24.0 Å². The summed E-state index contributed by atoms with van der Waals surface area (Å²) >= 11 is 5.96. The minimum Gasteiger partial charge on any atom is -0.493 e. The number of ketones is 1. The summed E-state index contributed by atoms with van der Waals surface area (Å²) in [6, 6.07) is 21.3. The van der Waals surface area contributed by atoms with Crippen molar-refractivity contribution in [2.24, 2.45) is 5.92 Å². The number of hydrogen-bond acceptors (Lipinski definition) is 4. The van der Waals surface area contributed by atoms with Gasteiger partial charge in [0, 0.05) is 28.7 Å². The summed E-state index contributed by atoms with van der Waals surface area (Å²) < 4.78 is 10.6. The Kier molecular flexibility index (Phi) is 5.96. The number of benzene rings is 3. The van der Waals surface area contributed by atoms with Crippen molar-refractivity contribution in [3.63, 3.8) is 0 Å². The molecule has 0 amide bonds. The lowest BCUT2D eigenvalue weighted by Crippen LogP contribution is -2.04. The summed E-state index contributed by atoms with van der Waals surface area (Å²) in [5, 5.41) is 4.10. The molecule has 0 spiro atoms. The normalized spacial score (nSPS) is 17.3. The topological polar surface area (TPSA) is 47.6 Å². The van der Waals surface area contributed by atoms with Gasteiger partial charge in [-0.25, -0.2) is 0 Å². The van der Waals surface area contributed by atoms with E-state index in [1.807, 2.05) is 66.7 Å². The van der Waals surface area contributed by atoms with Crippen LogP contribution in [0.15, 0.2) is 66.7 Å². The van der Waals surface area contributed by atoms with Gasteiger partial charge in [0.25, 0.3) is 0 Å². The first-order valence-electron chi connectivity index (χ1n) is 9.93. The minimum absolute atomic E-state index is 0.0664. The molecule has 4 rings (SSSR count). The van der Waals surface area contributed by atoms with Gasteiger partial charge < -0.3 is 14.8 Å². The lowest BCUT2D eigenvalue weighted by Gasteiger charge is -2.11. The van der Waals surface area contributed by atoms with Crippen LogP contribution in [0.3, 0.4) is 0 Å². The highest BCUT2D eigenvalue weighted by Gasteiger charge is 2.43. The number of carbonyl (C=O) groups excluding carboxylic acids is 1. The third-order valence-corrected chi connectivity index (χ3v) is 5.79. The molecule has 0 heterocycles. The molecule has 3 aromatic carbocycles. The van der Waals surface area contributed by atoms with Gasteiger partial charge in [-0.2, -0.15) is 0 Å². The Morgan fingerprint density at radius 3 is 2.33 bits per heavy atom. The summed E-state index contributed by atoms with van der Waals surface area (Å²) in [5.74, 6) is 1.99. The highest BCUT2D eigenvalue weighted by molar-refractivity contribution is 6.30. The quantitative estimate of drug-likeness (QED) is 0.456. The van der Waals surface area contributed by atoms with Crippen LogP contribution in [-0.2, 0) is 6.54 Å². The SMILES string of the molecule is COc1ccc(CNc2ccc(C(=O)C3CC3c3ccc(Cl)cc3)cc2)cc1OC. The molecule has 1 aliphatic rings. The Hall–Kier alpha value is -2.98. The van der Waals surface area contributed by atoms with Crippen LogP contribution in [-0.4, -0.2) is 20.0 Å². The second kappa shape index (κ2) is 8.80. The molecule has 1 N–H and O–H groups in total. The molecule has 0 radical (unpaired) electrons. The molecule has 4 nitrogen and oxygen atoms in total. The monoisotopic (exact) mass is 421 g/mol. The van der Waals surface area contributed by atoms with Gasteiger partial charge in [-0.05, 0) is 72.0 Å². The number of halogens is 1. The lowest BCUT2D eigenvalue weighted by molar-refractivity contribution is 0.0965. The molecular weight excluding hydrogens is 398 g/mol. The van der Waals surface area contributed by atoms with E-state index in [0.717, 1.165) is 28.3 Å². The van der Waals surface area contributed by atoms with E-state index in [1.54, 1.807) is 14.2 Å². The van der Waals surface area contributed by atoms with Gasteiger partial charge in [-0.3, -0.25) is 4.79 Å². The fourth-order valence-electron chi connectivity index (χ4n) is 3.72. The lowest BCUT2D eigenvalue weighted by atomic mass is 10.0. The second-order valence-electron chi connectivity index (χ2n) is 7.48. The van der Waals surface area contributed by atoms with Crippen molar-refractivity contribution >= 4 is 23.1 Å². The largest absolute Gasteiger partial charge is 0.493 e. The maximum atomic E-state index is 12.8. The zero-order valence-corrected chi connectivity index (χ0v) is 17.8. The number of methoxy groups -OCH3 is 2. The molecular formula is C25H24ClNO3. The van der Waals surface area contributed by atoms with Crippen LogP contribution in [0.2, 0.25) is 5.02 Å². The number of hydrogen-bond donors (Lipinski definition) is 1. The van der Waals surface area contributed by atoms with Gasteiger partial charge in [0.2, 0.25) is 0 Å². The first kappa shape index (κ1) is 20.3. The summed E-state index contributed by atoms with van der Waals surface area (Å²) in [7, 11) is 3.25. The molecule has 154 valence electrons. The van der Waals surface area contributed by atoms with Crippen LogP contribution in [0, 0.1) is 5.92 Å². The van der Waals surface area contributed by atoms with Crippen molar-refractivity contribution in [1.82, 2.24) is 0 Å². The predicted octanol–water partition coefficient (Wildman–Crippen LogP) is 5.96. The van der Waals surface area contributed by atoms with Gasteiger partial charge in [0.1, 0.15) is 0 Å². The summed E-state index contributed by atoms with van der Waals surface area (Å²) in [4.78, 5) is 12.8. The van der Waals surface area contributed by atoms with Gasteiger partial charge in [0.05, 0.1) is 14.2 Å². The maximum Gasteiger partial charge on any atom is 0.166 e. The molecule has 30 heavy (non-hydrogen) atoms. The summed E-state index contributed by atoms with van der Waals surface area (Å²) in [6.07, 6.45) is 0.903. The molecule has 0 aliphatic heterocycles. The highest BCUT2D eigenvalue weighted by Crippen LogP contribution is 2.49. The molecule has 1 fully saturated rings. The zero-order chi connectivity index (χ0) is 21.1. The average Bonchev–Trinajstić information content (AvgIpc) is 3.58. The van der Waals surface area contributed by atoms with Crippen LogP contribution in [0.1, 0.15) is 33.8 Å². The van der Waals surface area contributed by atoms with Gasteiger partial charge in [-0.15, -0.1) is 0 Å². The van der Waals surface area contributed by atoms with Crippen LogP contribution in [0.25, 0.3) is 0 Å². The number of rotatable bonds is 8. The third-order valence-electron chi connectivity index (χ3n) is 5.54. The summed E-state index contributed by atoms with van der Waals surface area (Å²) in [6.45, 7) is 0.648. The Morgan fingerprint density at radius 1 is 0.967 bits per heavy atom. The molecule has 0 bridgehead atoms. The second-order valence-corrected chi connectivity index (χ2v) is 7.92. The number of nitrogens with one attached hydrogen (secondary N) is 1. The molecule has 1 aliphatic carbocycles. The summed E-state index contributed by atoms with van der Waals surface area (Å²) in [5.41, 5.74) is 3.99. The van der Waals surface area contributed by atoms with E-state index >= 15 is 0 Å². The fraction of sp³-hybridized carbons (Fsp3) is 0.240. The van der Waals surface area contributed by atoms with E-state index < -0.39 is 0 Å². The van der Waals surface area contributed by atoms with Crippen molar-refractivity contribution in [2.75, 3.05) is 19.5 Å². The molecule has 0 aromatic heterocycles. The highest BCUT2D eigenvalue weighted by atomic mass is 35.5. The smallest absolute Gasteiger partial charge is 0.166 e. The van der Waals surface area contributed by atoms with Crippen LogP contribution < -0.4 is 14.8 Å². The third kappa shape index (κ3) is 4.44.